The summed E-state index contributed by atoms with van der Waals surface area (Å²) in [5.74, 6) is -0.236. The number of amides is 1. The minimum atomic E-state index is -0.379. The van der Waals surface area contributed by atoms with E-state index in [1.807, 2.05) is 4.90 Å². The highest BCUT2D eigenvalue weighted by atomic mass is 19.1. The smallest absolute Gasteiger partial charge is 0.248 e. The second-order valence-electron chi connectivity index (χ2n) is 7.41. The van der Waals surface area contributed by atoms with Crippen molar-refractivity contribution in [2.75, 3.05) is 19.6 Å². The van der Waals surface area contributed by atoms with Gasteiger partial charge in [0.25, 0.3) is 0 Å². The van der Waals surface area contributed by atoms with Crippen LogP contribution in [0.25, 0.3) is 0 Å². The molecule has 1 N–H and O–H groups in total. The number of aromatic nitrogens is 1. The van der Waals surface area contributed by atoms with Crippen LogP contribution in [0.3, 0.4) is 0 Å². The number of fused-ring (bicyclic) bond motifs is 1. The van der Waals surface area contributed by atoms with Crippen LogP contribution in [0.4, 0.5) is 4.39 Å². The summed E-state index contributed by atoms with van der Waals surface area (Å²) in [6, 6.07) is 7.55. The number of aromatic amines is 1. The topological polar surface area (TPSA) is 56.4 Å². The Morgan fingerprint density at radius 1 is 1.04 bits per heavy atom. The molecule has 1 saturated heterocycles. The maximum absolute atomic E-state index is 13.5. The Labute approximate surface area is 157 Å². The molecular formula is C21H24FN3O2. The summed E-state index contributed by atoms with van der Waals surface area (Å²) < 4.78 is 13.4. The Morgan fingerprint density at radius 3 is 2.52 bits per heavy atom. The van der Waals surface area contributed by atoms with Crippen molar-refractivity contribution in [1.82, 2.24) is 14.8 Å². The summed E-state index contributed by atoms with van der Waals surface area (Å²) in [5.41, 5.74) is 2.74. The van der Waals surface area contributed by atoms with Gasteiger partial charge in [-0.3, -0.25) is 14.5 Å². The number of nitrogens with one attached hydrogen (secondary N) is 1. The molecule has 2 aliphatic rings. The van der Waals surface area contributed by atoms with Crippen molar-refractivity contribution in [1.29, 1.82) is 0 Å². The number of halogens is 1. The van der Waals surface area contributed by atoms with Gasteiger partial charge in [0.1, 0.15) is 11.9 Å². The Kier molecular flexibility index (Phi) is 5.07. The molecule has 1 unspecified atom stereocenters. The highest BCUT2D eigenvalue weighted by molar-refractivity contribution is 5.83. The molecule has 1 aromatic carbocycles. The van der Waals surface area contributed by atoms with Gasteiger partial charge in [-0.05, 0) is 61.2 Å². The van der Waals surface area contributed by atoms with Crippen LogP contribution in [0.2, 0.25) is 0 Å². The van der Waals surface area contributed by atoms with Crippen molar-refractivity contribution in [2.45, 2.75) is 38.3 Å². The van der Waals surface area contributed by atoms with Gasteiger partial charge in [0.05, 0.1) is 0 Å². The summed E-state index contributed by atoms with van der Waals surface area (Å²) in [6.45, 7) is 2.86. The summed E-state index contributed by atoms with van der Waals surface area (Å²) >= 11 is 0. The first-order valence-corrected chi connectivity index (χ1v) is 9.60. The number of piperidine rings is 1. The second-order valence-corrected chi connectivity index (χ2v) is 7.41. The van der Waals surface area contributed by atoms with Gasteiger partial charge in [-0.15, -0.1) is 0 Å². The van der Waals surface area contributed by atoms with E-state index in [2.05, 4.69) is 9.88 Å². The van der Waals surface area contributed by atoms with E-state index >= 15 is 0 Å². The number of carbonyl (C=O) groups is 1. The van der Waals surface area contributed by atoms with Crippen LogP contribution in [-0.2, 0) is 17.8 Å². The van der Waals surface area contributed by atoms with Crippen LogP contribution in [0.5, 0.6) is 0 Å². The number of hydrogen-bond acceptors (Lipinski definition) is 3. The normalized spacial score (nSPS) is 18.8. The van der Waals surface area contributed by atoms with Crippen molar-refractivity contribution in [2.24, 2.45) is 0 Å². The van der Waals surface area contributed by atoms with Crippen LogP contribution in [0.1, 0.15) is 42.0 Å². The van der Waals surface area contributed by atoms with E-state index < -0.39 is 0 Å². The van der Waals surface area contributed by atoms with E-state index in [1.165, 1.54) is 18.6 Å². The van der Waals surface area contributed by atoms with Crippen LogP contribution < -0.4 is 5.56 Å². The fraction of sp³-hybridized carbons (Fsp3) is 0.429. The van der Waals surface area contributed by atoms with Crippen LogP contribution in [0, 0.1) is 5.82 Å². The number of nitrogens with zero attached hydrogens (tertiary/aromatic N) is 2. The van der Waals surface area contributed by atoms with Gasteiger partial charge in [0.15, 0.2) is 0 Å². The Balaban J connectivity index is 1.61. The van der Waals surface area contributed by atoms with Crippen LogP contribution in [0.15, 0.2) is 41.3 Å². The largest absolute Gasteiger partial charge is 0.336 e. The molecule has 5 nitrogen and oxygen atoms in total. The average molecular weight is 369 g/mol. The van der Waals surface area contributed by atoms with E-state index in [0.29, 0.717) is 19.5 Å². The molecule has 2 aromatic rings. The zero-order valence-corrected chi connectivity index (χ0v) is 15.3. The SMILES string of the molecule is O=C(C(c1ccc(F)cc1)N1CCCCC1)N1CCc2cc(=O)[nH]cc2C1. The molecule has 1 aromatic heterocycles. The molecule has 3 heterocycles. The minimum Gasteiger partial charge on any atom is -0.336 e. The van der Waals surface area contributed by atoms with E-state index in [-0.39, 0.29) is 23.3 Å². The number of hydrogen-bond donors (Lipinski definition) is 1. The van der Waals surface area contributed by atoms with Gasteiger partial charge >= 0.3 is 0 Å². The number of rotatable bonds is 3. The van der Waals surface area contributed by atoms with E-state index in [1.54, 1.807) is 24.4 Å². The molecule has 2 aliphatic heterocycles. The third-order valence-electron chi connectivity index (χ3n) is 5.61. The number of pyridine rings is 1. The van der Waals surface area contributed by atoms with Gasteiger partial charge in [-0.2, -0.15) is 0 Å². The zero-order chi connectivity index (χ0) is 18.8. The monoisotopic (exact) mass is 369 g/mol. The van der Waals surface area contributed by atoms with Gasteiger partial charge in [-0.1, -0.05) is 18.6 Å². The quantitative estimate of drug-likeness (QED) is 0.905. The van der Waals surface area contributed by atoms with E-state index in [0.717, 1.165) is 42.6 Å². The first-order chi connectivity index (χ1) is 13.1. The summed E-state index contributed by atoms with van der Waals surface area (Å²) in [7, 11) is 0. The number of likely N-dealkylation sites (tertiary alicyclic amines) is 1. The lowest BCUT2D eigenvalue weighted by atomic mass is 9.97. The lowest BCUT2D eigenvalue weighted by molar-refractivity contribution is -0.138. The van der Waals surface area contributed by atoms with E-state index in [9.17, 15) is 14.0 Å². The Bertz CT molecular complexity index is 872. The molecule has 4 rings (SSSR count). The highest BCUT2D eigenvalue weighted by Gasteiger charge is 2.33. The lowest BCUT2D eigenvalue weighted by Crippen LogP contribution is -2.46. The fourth-order valence-electron chi connectivity index (χ4n) is 4.16. The summed E-state index contributed by atoms with van der Waals surface area (Å²) in [5, 5.41) is 0. The molecule has 0 saturated carbocycles. The molecule has 1 fully saturated rings. The summed E-state index contributed by atoms with van der Waals surface area (Å²) in [4.78, 5) is 31.8. The fourth-order valence-corrected chi connectivity index (χ4v) is 4.16. The molecule has 0 radical (unpaired) electrons. The lowest BCUT2D eigenvalue weighted by Gasteiger charge is -2.38. The minimum absolute atomic E-state index is 0.0559. The number of benzene rings is 1. The molecule has 0 bridgehead atoms. The average Bonchev–Trinajstić information content (AvgIpc) is 2.70. The second kappa shape index (κ2) is 7.64. The van der Waals surface area contributed by atoms with Crippen LogP contribution >= 0.6 is 0 Å². The van der Waals surface area contributed by atoms with Gasteiger partial charge in [0.2, 0.25) is 11.5 Å². The molecule has 6 heteroatoms. The number of carbonyl (C=O) groups excluding carboxylic acids is 1. The third-order valence-corrected chi connectivity index (χ3v) is 5.61. The molecule has 1 amide bonds. The van der Waals surface area contributed by atoms with Gasteiger partial charge < -0.3 is 9.88 Å². The first kappa shape index (κ1) is 17.9. The van der Waals surface area contributed by atoms with Crippen molar-refractivity contribution >= 4 is 5.91 Å². The molecule has 1 atom stereocenters. The maximum atomic E-state index is 13.5. The van der Waals surface area contributed by atoms with Crippen molar-refractivity contribution in [3.63, 3.8) is 0 Å². The molecular weight excluding hydrogens is 345 g/mol. The molecule has 142 valence electrons. The Hall–Kier alpha value is -2.47. The van der Waals surface area contributed by atoms with Gasteiger partial charge in [-0.25, -0.2) is 4.39 Å². The standard InChI is InChI=1S/C21H24FN3O2/c22-18-6-4-15(5-7-18)20(24-9-2-1-3-10-24)21(27)25-11-8-16-12-19(26)23-13-17(16)14-25/h4-7,12-13,20H,1-3,8-11,14H2,(H,23,26). The summed E-state index contributed by atoms with van der Waals surface area (Å²) in [6.07, 6.45) is 5.74. The Morgan fingerprint density at radius 2 is 1.78 bits per heavy atom. The predicted molar refractivity (Wildman–Crippen MR) is 101 cm³/mol. The van der Waals surface area contributed by atoms with Gasteiger partial charge in [0, 0.05) is 25.4 Å². The van der Waals surface area contributed by atoms with Crippen molar-refractivity contribution in [3.05, 3.63) is 69.4 Å². The zero-order valence-electron chi connectivity index (χ0n) is 15.3. The highest BCUT2D eigenvalue weighted by Crippen LogP contribution is 2.29. The third kappa shape index (κ3) is 3.81. The maximum Gasteiger partial charge on any atom is 0.248 e. The molecule has 0 aliphatic carbocycles. The van der Waals surface area contributed by atoms with Crippen molar-refractivity contribution in [3.8, 4) is 0 Å². The predicted octanol–water partition coefficient (Wildman–Crippen LogP) is 2.63. The number of H-pyrrole nitrogens is 1. The van der Waals surface area contributed by atoms with Crippen LogP contribution in [-0.4, -0.2) is 40.3 Å². The molecule has 27 heavy (non-hydrogen) atoms. The van der Waals surface area contributed by atoms with Crippen molar-refractivity contribution < 1.29 is 9.18 Å². The first-order valence-electron chi connectivity index (χ1n) is 9.60. The molecule has 0 spiro atoms. The van der Waals surface area contributed by atoms with E-state index in [4.69, 9.17) is 0 Å².